The van der Waals surface area contributed by atoms with E-state index in [1.165, 1.54) is 4.90 Å². The molecule has 2 aliphatic rings. The van der Waals surface area contributed by atoms with E-state index in [-0.39, 0.29) is 13.2 Å². The van der Waals surface area contributed by atoms with Gasteiger partial charge >= 0.3 is 6.09 Å². The monoisotopic (exact) mass is 399 g/mol. The number of nitrogens with zero attached hydrogens (tertiary/aromatic N) is 2. The Morgan fingerprint density at radius 2 is 2.21 bits per heavy atom. The van der Waals surface area contributed by atoms with Gasteiger partial charge < -0.3 is 15.0 Å². The predicted molar refractivity (Wildman–Crippen MR) is 113 cm³/mol. The van der Waals surface area contributed by atoms with Gasteiger partial charge in [0.15, 0.2) is 0 Å². The van der Waals surface area contributed by atoms with Gasteiger partial charge in [-0.05, 0) is 43.7 Å². The van der Waals surface area contributed by atoms with Crippen LogP contribution in [0.5, 0.6) is 0 Å². The average Bonchev–Trinajstić information content (AvgIpc) is 3.14. The Balaban J connectivity index is 1.49. The second-order valence-corrected chi connectivity index (χ2v) is 7.82. The molecular weight excluding hydrogens is 369 g/mol. The molecule has 0 aromatic heterocycles. The fourth-order valence-electron chi connectivity index (χ4n) is 3.69. The number of rotatable bonds is 7. The van der Waals surface area contributed by atoms with Gasteiger partial charge in [-0.2, -0.15) is 0 Å². The number of likely N-dealkylation sites (tertiary alicyclic amines) is 1. The summed E-state index contributed by atoms with van der Waals surface area (Å²) in [6, 6.07) is 9.49. The molecule has 2 aliphatic heterocycles. The Hall–Kier alpha value is -2.63. The number of nitrogens with one attached hydrogen (secondary N) is 1. The Kier molecular flexibility index (Phi) is 7.07. The van der Waals surface area contributed by atoms with Crippen LogP contribution in [0.15, 0.2) is 59.4 Å². The number of ether oxygens (including phenoxy) is 1. The zero-order chi connectivity index (χ0) is 20.7. The van der Waals surface area contributed by atoms with Crippen molar-refractivity contribution in [2.75, 3.05) is 19.6 Å². The molecule has 0 bridgehead atoms. The van der Waals surface area contributed by atoms with E-state index >= 15 is 4.39 Å². The summed E-state index contributed by atoms with van der Waals surface area (Å²) in [5.41, 5.74) is 1.52. The molecule has 0 saturated carbocycles. The minimum Gasteiger partial charge on any atom is -0.445 e. The Bertz CT molecular complexity index is 791. The van der Waals surface area contributed by atoms with E-state index in [0.717, 1.165) is 42.1 Å². The Morgan fingerprint density at radius 1 is 1.41 bits per heavy atom. The second kappa shape index (κ2) is 9.72. The van der Waals surface area contributed by atoms with Crippen LogP contribution >= 0.6 is 0 Å². The summed E-state index contributed by atoms with van der Waals surface area (Å²) in [6.45, 7) is 7.33. The van der Waals surface area contributed by atoms with Crippen molar-refractivity contribution in [2.24, 2.45) is 4.99 Å². The summed E-state index contributed by atoms with van der Waals surface area (Å²) >= 11 is 0. The van der Waals surface area contributed by atoms with Gasteiger partial charge in [-0.3, -0.25) is 0 Å². The van der Waals surface area contributed by atoms with Crippen LogP contribution in [-0.4, -0.2) is 42.0 Å². The molecule has 2 heterocycles. The summed E-state index contributed by atoms with van der Waals surface area (Å²) in [7, 11) is 0. The first-order valence-corrected chi connectivity index (χ1v) is 10.3. The summed E-state index contributed by atoms with van der Waals surface area (Å²) < 4.78 is 20.5. The zero-order valence-electron chi connectivity index (χ0n) is 17.1. The van der Waals surface area contributed by atoms with Crippen molar-refractivity contribution in [3.8, 4) is 0 Å². The summed E-state index contributed by atoms with van der Waals surface area (Å²) in [5, 5.41) is 3.30. The van der Waals surface area contributed by atoms with Crippen LogP contribution in [0, 0.1) is 0 Å². The van der Waals surface area contributed by atoms with Gasteiger partial charge in [-0.15, -0.1) is 0 Å². The van der Waals surface area contributed by atoms with Crippen LogP contribution in [0.4, 0.5) is 9.18 Å². The smallest absolute Gasteiger partial charge is 0.410 e. The fourth-order valence-corrected chi connectivity index (χ4v) is 3.69. The molecule has 0 spiro atoms. The highest BCUT2D eigenvalue weighted by molar-refractivity contribution is 5.83. The van der Waals surface area contributed by atoms with Gasteiger partial charge in [0.25, 0.3) is 0 Å². The number of alkyl halides is 1. The van der Waals surface area contributed by atoms with Crippen molar-refractivity contribution in [3.05, 3.63) is 59.9 Å². The minimum atomic E-state index is -1.39. The number of halogens is 1. The highest BCUT2D eigenvalue weighted by Gasteiger charge is 2.40. The maximum Gasteiger partial charge on any atom is 0.410 e. The highest BCUT2D eigenvalue weighted by Crippen LogP contribution is 2.31. The van der Waals surface area contributed by atoms with Crippen molar-refractivity contribution >= 4 is 11.8 Å². The van der Waals surface area contributed by atoms with E-state index in [1.54, 1.807) is 0 Å². The Morgan fingerprint density at radius 3 is 2.97 bits per heavy atom. The second-order valence-electron chi connectivity index (χ2n) is 7.82. The third kappa shape index (κ3) is 5.92. The molecule has 3 rings (SSSR count). The van der Waals surface area contributed by atoms with Gasteiger partial charge in [0, 0.05) is 25.2 Å². The first-order valence-electron chi connectivity index (χ1n) is 10.3. The SMILES string of the molecule is C=CC1=C(N=C(C)CCC2(F)CCN(C(=O)OCc3ccccc3)C2)NCCC1. The fraction of sp³-hybridized carbons (Fsp3) is 0.478. The largest absolute Gasteiger partial charge is 0.445 e. The van der Waals surface area contributed by atoms with Crippen molar-refractivity contribution in [1.82, 2.24) is 10.2 Å². The third-order valence-corrected chi connectivity index (χ3v) is 5.47. The van der Waals surface area contributed by atoms with Crippen molar-refractivity contribution in [2.45, 2.75) is 51.3 Å². The lowest BCUT2D eigenvalue weighted by Gasteiger charge is -2.21. The number of carbonyl (C=O) groups is 1. The zero-order valence-corrected chi connectivity index (χ0v) is 17.1. The quantitative estimate of drug-likeness (QED) is 0.673. The predicted octanol–water partition coefficient (Wildman–Crippen LogP) is 4.76. The number of allylic oxidation sites excluding steroid dienone is 2. The maximum atomic E-state index is 15.2. The molecule has 1 aromatic carbocycles. The Labute approximate surface area is 172 Å². The number of hydrogen-bond acceptors (Lipinski definition) is 4. The maximum absolute atomic E-state index is 15.2. The molecule has 0 radical (unpaired) electrons. The standard InChI is InChI=1S/C23H30FN3O2/c1-3-20-10-7-14-25-21(20)26-18(2)11-12-23(24)13-15-27(17-23)22(28)29-16-19-8-5-4-6-9-19/h3-6,8-9,25H,1,7,10-17H2,2H3. The normalized spacial score (nSPS) is 22.4. The molecule has 0 aliphatic carbocycles. The molecule has 1 unspecified atom stereocenters. The summed E-state index contributed by atoms with van der Waals surface area (Å²) in [4.78, 5) is 18.4. The van der Waals surface area contributed by atoms with Gasteiger partial charge in [0.05, 0.1) is 6.54 Å². The summed E-state index contributed by atoms with van der Waals surface area (Å²) in [6.07, 6.45) is 4.66. The van der Waals surface area contributed by atoms with Gasteiger partial charge in [-0.25, -0.2) is 14.2 Å². The summed E-state index contributed by atoms with van der Waals surface area (Å²) in [5.74, 6) is 0.856. The van der Waals surface area contributed by atoms with Crippen molar-refractivity contribution in [1.29, 1.82) is 0 Å². The van der Waals surface area contributed by atoms with Crippen LogP contribution in [0.2, 0.25) is 0 Å². The van der Waals surface area contributed by atoms with Crippen LogP contribution in [0.1, 0.15) is 44.6 Å². The number of aliphatic imine (C=N–C) groups is 1. The van der Waals surface area contributed by atoms with Crippen molar-refractivity contribution < 1.29 is 13.9 Å². The topological polar surface area (TPSA) is 53.9 Å². The molecule has 29 heavy (non-hydrogen) atoms. The third-order valence-electron chi connectivity index (χ3n) is 5.47. The average molecular weight is 400 g/mol. The molecule has 1 N–H and O–H groups in total. The van der Waals surface area contributed by atoms with Crippen LogP contribution in [0.3, 0.4) is 0 Å². The lowest BCUT2D eigenvalue weighted by Crippen LogP contribution is -2.34. The lowest BCUT2D eigenvalue weighted by atomic mass is 9.97. The molecule has 5 nitrogen and oxygen atoms in total. The van der Waals surface area contributed by atoms with E-state index in [4.69, 9.17) is 4.74 Å². The number of carbonyl (C=O) groups excluding carboxylic acids is 1. The van der Waals surface area contributed by atoms with Crippen LogP contribution in [0.25, 0.3) is 0 Å². The molecule has 1 fully saturated rings. The number of hydrogen-bond donors (Lipinski definition) is 1. The van der Waals surface area contributed by atoms with Crippen molar-refractivity contribution in [3.63, 3.8) is 0 Å². The van der Waals surface area contributed by atoms with Gasteiger partial charge in [0.1, 0.15) is 18.1 Å². The molecule has 156 valence electrons. The highest BCUT2D eigenvalue weighted by atomic mass is 19.1. The molecule has 1 amide bonds. The molecular formula is C23H30FN3O2. The van der Waals surface area contributed by atoms with Gasteiger partial charge in [-0.1, -0.05) is 43.0 Å². The lowest BCUT2D eigenvalue weighted by molar-refractivity contribution is 0.0928. The van der Waals surface area contributed by atoms with Crippen LogP contribution in [-0.2, 0) is 11.3 Å². The van der Waals surface area contributed by atoms with E-state index in [1.807, 2.05) is 43.3 Å². The molecule has 6 heteroatoms. The van der Waals surface area contributed by atoms with Gasteiger partial charge in [0.2, 0.25) is 0 Å². The van der Waals surface area contributed by atoms with E-state index in [9.17, 15) is 4.79 Å². The van der Waals surface area contributed by atoms with E-state index in [0.29, 0.717) is 25.8 Å². The molecule has 1 saturated heterocycles. The number of benzene rings is 1. The van der Waals surface area contributed by atoms with E-state index in [2.05, 4.69) is 16.9 Å². The number of amides is 1. The first kappa shape index (κ1) is 21.1. The molecule has 1 atom stereocenters. The molecule has 1 aromatic rings. The van der Waals surface area contributed by atoms with E-state index < -0.39 is 11.8 Å². The van der Waals surface area contributed by atoms with Crippen LogP contribution < -0.4 is 5.32 Å². The first-order chi connectivity index (χ1) is 14.0. The minimum absolute atomic E-state index is 0.0761.